The van der Waals surface area contributed by atoms with Gasteiger partial charge in [0.05, 0.1) is 18.9 Å². The fourth-order valence-electron chi connectivity index (χ4n) is 2.19. The number of halogens is 1. The molecule has 0 aliphatic carbocycles. The van der Waals surface area contributed by atoms with Crippen molar-refractivity contribution in [3.63, 3.8) is 0 Å². The van der Waals surface area contributed by atoms with E-state index in [9.17, 15) is 10.2 Å². The van der Waals surface area contributed by atoms with Crippen molar-refractivity contribution in [3.8, 4) is 0 Å². The first kappa shape index (κ1) is 14.5. The van der Waals surface area contributed by atoms with Gasteiger partial charge in [0.1, 0.15) is 5.15 Å². The number of aromatic nitrogens is 2. The Balaban J connectivity index is 3.00. The molecule has 0 fully saturated rings. The number of aliphatic hydroxyl groups excluding tert-OH is 2. The first-order valence-corrected chi connectivity index (χ1v) is 6.27. The predicted octanol–water partition coefficient (Wildman–Crippen LogP) is 1.70. The molecule has 2 N–H and O–H groups in total. The smallest absolute Gasteiger partial charge is 0.130 e. The Hall–Kier alpha value is -0.580. The van der Waals surface area contributed by atoms with Crippen molar-refractivity contribution in [1.82, 2.24) is 9.78 Å². The molecule has 1 aromatic heterocycles. The van der Waals surface area contributed by atoms with Crippen molar-refractivity contribution < 1.29 is 10.2 Å². The number of rotatable bonds is 6. The van der Waals surface area contributed by atoms with E-state index < -0.39 is 5.41 Å². The molecule has 0 saturated heterocycles. The van der Waals surface area contributed by atoms with E-state index in [0.717, 1.165) is 24.1 Å². The first-order chi connectivity index (χ1) is 7.99. The Labute approximate surface area is 107 Å². The molecule has 17 heavy (non-hydrogen) atoms. The molecule has 0 radical (unpaired) electrons. The number of aryl methyl sites for hydroxylation is 2. The molecule has 0 unspecified atom stereocenters. The maximum Gasteiger partial charge on any atom is 0.130 e. The summed E-state index contributed by atoms with van der Waals surface area (Å²) in [6.45, 7) is 3.86. The lowest BCUT2D eigenvalue weighted by Gasteiger charge is -2.29. The van der Waals surface area contributed by atoms with Crippen LogP contribution in [0.2, 0.25) is 5.15 Å². The molecular formula is C12H21ClN2O2. The zero-order valence-electron chi connectivity index (χ0n) is 10.7. The van der Waals surface area contributed by atoms with Crippen LogP contribution in [-0.4, -0.2) is 33.2 Å². The number of nitrogens with zero attached hydrogens (tertiary/aromatic N) is 2. The van der Waals surface area contributed by atoms with Crippen LogP contribution in [0.1, 0.15) is 31.0 Å². The monoisotopic (exact) mass is 260 g/mol. The molecule has 0 spiro atoms. The predicted molar refractivity (Wildman–Crippen MR) is 68.2 cm³/mol. The van der Waals surface area contributed by atoms with Gasteiger partial charge in [-0.05, 0) is 19.8 Å². The summed E-state index contributed by atoms with van der Waals surface area (Å²) in [5.74, 6) is 0. The van der Waals surface area contributed by atoms with Crippen molar-refractivity contribution >= 4 is 11.6 Å². The van der Waals surface area contributed by atoms with E-state index in [2.05, 4.69) is 5.10 Å². The van der Waals surface area contributed by atoms with Crippen LogP contribution in [0.3, 0.4) is 0 Å². The molecule has 0 aromatic carbocycles. The third-order valence-electron chi connectivity index (χ3n) is 3.27. The highest BCUT2D eigenvalue weighted by Crippen LogP contribution is 2.32. The highest BCUT2D eigenvalue weighted by atomic mass is 35.5. The van der Waals surface area contributed by atoms with Gasteiger partial charge in [0.15, 0.2) is 0 Å². The van der Waals surface area contributed by atoms with Crippen LogP contribution in [0, 0.1) is 12.3 Å². The molecule has 1 heterocycles. The number of hydrogen-bond acceptors (Lipinski definition) is 3. The van der Waals surface area contributed by atoms with Crippen molar-refractivity contribution in [3.05, 3.63) is 16.4 Å². The van der Waals surface area contributed by atoms with Gasteiger partial charge in [-0.25, -0.2) is 0 Å². The maximum atomic E-state index is 9.53. The lowest BCUT2D eigenvalue weighted by molar-refractivity contribution is 0.0465. The lowest BCUT2D eigenvalue weighted by Crippen LogP contribution is -2.32. The summed E-state index contributed by atoms with van der Waals surface area (Å²) in [5, 5.41) is 23.9. The minimum atomic E-state index is -0.494. The zero-order valence-corrected chi connectivity index (χ0v) is 11.5. The molecule has 0 saturated carbocycles. The van der Waals surface area contributed by atoms with Gasteiger partial charge in [-0.15, -0.1) is 0 Å². The molecule has 98 valence electrons. The third-order valence-corrected chi connectivity index (χ3v) is 3.75. The third kappa shape index (κ3) is 3.00. The van der Waals surface area contributed by atoms with Crippen LogP contribution in [0.5, 0.6) is 0 Å². The Kier molecular flexibility index (Phi) is 4.98. The molecular weight excluding hydrogens is 240 g/mol. The quantitative estimate of drug-likeness (QED) is 0.819. The molecule has 1 aromatic rings. The number of hydrogen-bond donors (Lipinski definition) is 2. The Morgan fingerprint density at radius 3 is 2.29 bits per heavy atom. The van der Waals surface area contributed by atoms with Gasteiger partial charge in [-0.2, -0.15) is 5.10 Å². The van der Waals surface area contributed by atoms with Crippen molar-refractivity contribution in [1.29, 1.82) is 0 Å². The minimum absolute atomic E-state index is 0.0397. The van der Waals surface area contributed by atoms with E-state index in [1.54, 1.807) is 11.7 Å². The average molecular weight is 261 g/mol. The Bertz CT molecular complexity index is 373. The fraction of sp³-hybridized carbons (Fsp3) is 0.750. The summed E-state index contributed by atoms with van der Waals surface area (Å²) in [4.78, 5) is 0. The molecule has 0 bridgehead atoms. The summed E-state index contributed by atoms with van der Waals surface area (Å²) in [7, 11) is 1.79. The summed E-state index contributed by atoms with van der Waals surface area (Å²) in [6, 6.07) is 0. The second-order valence-corrected chi connectivity index (χ2v) is 5.08. The molecule has 0 aliphatic heterocycles. The molecule has 0 amide bonds. The van der Waals surface area contributed by atoms with E-state index in [1.165, 1.54) is 0 Å². The van der Waals surface area contributed by atoms with Crippen molar-refractivity contribution in [2.75, 3.05) is 13.2 Å². The van der Waals surface area contributed by atoms with E-state index in [1.807, 2.05) is 13.8 Å². The van der Waals surface area contributed by atoms with Gasteiger partial charge in [-0.1, -0.05) is 24.9 Å². The van der Waals surface area contributed by atoms with E-state index in [4.69, 9.17) is 11.6 Å². The summed E-state index contributed by atoms with van der Waals surface area (Å²) in [6.07, 6.45) is 2.25. The van der Waals surface area contributed by atoms with Gasteiger partial charge in [0, 0.05) is 18.0 Å². The average Bonchev–Trinajstić information content (AvgIpc) is 2.55. The van der Waals surface area contributed by atoms with E-state index >= 15 is 0 Å². The second-order valence-electron chi connectivity index (χ2n) is 4.72. The second kappa shape index (κ2) is 5.85. The van der Waals surface area contributed by atoms with Gasteiger partial charge < -0.3 is 10.2 Å². The van der Waals surface area contributed by atoms with Gasteiger partial charge in [0.25, 0.3) is 0 Å². The lowest BCUT2D eigenvalue weighted by atomic mass is 9.79. The minimum Gasteiger partial charge on any atom is -0.396 e. The normalized spacial score (nSPS) is 12.1. The summed E-state index contributed by atoms with van der Waals surface area (Å²) in [5.41, 5.74) is 1.29. The summed E-state index contributed by atoms with van der Waals surface area (Å²) >= 11 is 6.17. The largest absolute Gasteiger partial charge is 0.396 e. The van der Waals surface area contributed by atoms with Gasteiger partial charge in [0.2, 0.25) is 0 Å². The van der Waals surface area contributed by atoms with Crippen LogP contribution in [-0.2, 0) is 13.5 Å². The molecule has 4 nitrogen and oxygen atoms in total. The van der Waals surface area contributed by atoms with Crippen LogP contribution < -0.4 is 0 Å². The highest BCUT2D eigenvalue weighted by Gasteiger charge is 2.30. The van der Waals surface area contributed by atoms with Crippen LogP contribution >= 0.6 is 11.6 Å². The fourth-order valence-corrected chi connectivity index (χ4v) is 2.43. The molecule has 5 heteroatoms. The van der Waals surface area contributed by atoms with Crippen LogP contribution in [0.15, 0.2) is 0 Å². The zero-order chi connectivity index (χ0) is 13.1. The van der Waals surface area contributed by atoms with Crippen LogP contribution in [0.4, 0.5) is 0 Å². The SMILES string of the molecule is CCCC(CO)(CO)Cc1c(C)nn(C)c1Cl. The molecule has 0 aliphatic rings. The number of aliphatic hydroxyl groups is 2. The molecule has 0 atom stereocenters. The van der Waals surface area contributed by atoms with Crippen molar-refractivity contribution in [2.24, 2.45) is 12.5 Å². The van der Waals surface area contributed by atoms with Gasteiger partial charge in [-0.3, -0.25) is 4.68 Å². The van der Waals surface area contributed by atoms with E-state index in [0.29, 0.717) is 11.6 Å². The molecule has 1 rings (SSSR count). The standard InChI is InChI=1S/C12H21ClN2O2/c1-4-5-12(7-16,8-17)6-10-9(2)14-15(3)11(10)13/h16-17H,4-8H2,1-3H3. The topological polar surface area (TPSA) is 58.3 Å². The summed E-state index contributed by atoms with van der Waals surface area (Å²) < 4.78 is 1.62. The van der Waals surface area contributed by atoms with Gasteiger partial charge >= 0.3 is 0 Å². The van der Waals surface area contributed by atoms with E-state index in [-0.39, 0.29) is 13.2 Å². The Morgan fingerprint density at radius 2 is 1.94 bits per heavy atom. The highest BCUT2D eigenvalue weighted by molar-refractivity contribution is 6.30. The maximum absolute atomic E-state index is 9.53. The Morgan fingerprint density at radius 1 is 1.35 bits per heavy atom. The van der Waals surface area contributed by atoms with Crippen molar-refractivity contribution in [2.45, 2.75) is 33.1 Å². The first-order valence-electron chi connectivity index (χ1n) is 5.89. The van der Waals surface area contributed by atoms with Crippen LogP contribution in [0.25, 0.3) is 0 Å².